The van der Waals surface area contributed by atoms with Gasteiger partial charge in [0.15, 0.2) is 6.61 Å². The summed E-state index contributed by atoms with van der Waals surface area (Å²) < 4.78 is 33.8. The maximum atomic E-state index is 13.3. The SMILES string of the molecule is CC[C@@H](C)N(CCNC(=O)CN1C(=O)COc2ccc(S(=O)(=O)N3CCCCCC3)cc21)C1CCCCC1. The van der Waals surface area contributed by atoms with Crippen LogP contribution in [0.2, 0.25) is 0 Å². The molecule has 1 aliphatic carbocycles. The van der Waals surface area contributed by atoms with Crippen LogP contribution in [0.3, 0.4) is 0 Å². The van der Waals surface area contributed by atoms with E-state index in [9.17, 15) is 18.0 Å². The summed E-state index contributed by atoms with van der Waals surface area (Å²) in [5, 5.41) is 2.99. The maximum absolute atomic E-state index is 13.3. The first-order valence-corrected chi connectivity index (χ1v) is 15.8. The fourth-order valence-electron chi connectivity index (χ4n) is 5.88. The van der Waals surface area contributed by atoms with Crippen LogP contribution in [-0.4, -0.2) is 80.9 Å². The van der Waals surface area contributed by atoms with Crippen LogP contribution in [0.4, 0.5) is 5.69 Å². The van der Waals surface area contributed by atoms with E-state index in [4.69, 9.17) is 4.74 Å². The van der Waals surface area contributed by atoms with Crippen molar-refractivity contribution in [1.29, 1.82) is 0 Å². The highest BCUT2D eigenvalue weighted by Crippen LogP contribution is 2.35. The normalized spacial score (nSPS) is 20.5. The van der Waals surface area contributed by atoms with Gasteiger partial charge in [-0.05, 0) is 57.2 Å². The first-order valence-electron chi connectivity index (χ1n) is 14.4. The lowest BCUT2D eigenvalue weighted by atomic mass is 9.93. The smallest absolute Gasteiger partial charge is 0.265 e. The summed E-state index contributed by atoms with van der Waals surface area (Å²) in [5.74, 6) is -0.215. The Morgan fingerprint density at radius 1 is 1.11 bits per heavy atom. The summed E-state index contributed by atoms with van der Waals surface area (Å²) in [6, 6.07) is 5.61. The summed E-state index contributed by atoms with van der Waals surface area (Å²) in [7, 11) is -3.70. The number of rotatable bonds is 10. The van der Waals surface area contributed by atoms with Gasteiger partial charge in [-0.2, -0.15) is 4.31 Å². The standard InChI is InChI=1S/C28H44N4O5S/c1-3-22(2)31(23-11-7-6-8-12-23)18-15-29-27(33)20-32-25-19-24(13-14-26(25)37-21-28(32)34)38(35,36)30-16-9-4-5-10-17-30/h13-14,19,22-23H,3-12,15-18,20-21H2,1-2H3,(H,29,33)/t22-/m1/s1. The third-order valence-corrected chi connectivity index (χ3v) is 10.2. The van der Waals surface area contributed by atoms with Crippen LogP contribution in [0.15, 0.2) is 23.1 Å². The van der Waals surface area contributed by atoms with Crippen molar-refractivity contribution in [2.75, 3.05) is 44.2 Å². The quantitative estimate of drug-likeness (QED) is 0.480. The van der Waals surface area contributed by atoms with Crippen molar-refractivity contribution < 1.29 is 22.7 Å². The number of benzene rings is 1. The highest BCUT2D eigenvalue weighted by Gasteiger charge is 2.32. The van der Waals surface area contributed by atoms with Gasteiger partial charge in [0, 0.05) is 38.3 Å². The molecule has 4 rings (SSSR count). The minimum Gasteiger partial charge on any atom is -0.482 e. The maximum Gasteiger partial charge on any atom is 0.265 e. The van der Waals surface area contributed by atoms with Gasteiger partial charge >= 0.3 is 0 Å². The lowest BCUT2D eigenvalue weighted by Crippen LogP contribution is -2.49. The van der Waals surface area contributed by atoms with Crippen molar-refractivity contribution in [3.05, 3.63) is 18.2 Å². The average Bonchev–Trinajstić information content (AvgIpc) is 3.23. The molecule has 1 aromatic carbocycles. The minimum atomic E-state index is -3.70. The van der Waals surface area contributed by atoms with Gasteiger partial charge in [-0.1, -0.05) is 39.0 Å². The van der Waals surface area contributed by atoms with Crippen molar-refractivity contribution in [3.8, 4) is 5.75 Å². The number of hydrogen-bond donors (Lipinski definition) is 1. The molecule has 0 spiro atoms. The van der Waals surface area contributed by atoms with E-state index in [2.05, 4.69) is 24.1 Å². The summed E-state index contributed by atoms with van der Waals surface area (Å²) in [6.45, 7) is 6.37. The lowest BCUT2D eigenvalue weighted by Gasteiger charge is -2.38. The predicted molar refractivity (Wildman–Crippen MR) is 148 cm³/mol. The molecule has 1 aromatic rings. The van der Waals surface area contributed by atoms with E-state index < -0.39 is 10.0 Å². The van der Waals surface area contributed by atoms with Crippen LogP contribution < -0.4 is 15.0 Å². The van der Waals surface area contributed by atoms with Gasteiger partial charge in [0.05, 0.1) is 10.6 Å². The topological polar surface area (TPSA) is 99.3 Å². The zero-order valence-electron chi connectivity index (χ0n) is 23.0. The van der Waals surface area contributed by atoms with Crippen LogP contribution in [0.5, 0.6) is 5.75 Å². The number of carbonyl (C=O) groups is 2. The molecule has 2 aliphatic heterocycles. The number of amides is 2. The summed E-state index contributed by atoms with van der Waals surface area (Å²) >= 11 is 0. The number of nitrogens with one attached hydrogen (secondary N) is 1. The number of sulfonamides is 1. The van der Waals surface area contributed by atoms with Crippen LogP contribution in [0.25, 0.3) is 0 Å². The molecule has 38 heavy (non-hydrogen) atoms. The Kier molecular flexibility index (Phi) is 10.1. The van der Waals surface area contributed by atoms with Gasteiger partial charge in [-0.25, -0.2) is 8.42 Å². The third-order valence-electron chi connectivity index (χ3n) is 8.27. The molecule has 1 saturated heterocycles. The number of anilines is 1. The highest BCUT2D eigenvalue weighted by atomic mass is 32.2. The number of carbonyl (C=O) groups excluding carboxylic acids is 2. The molecule has 1 saturated carbocycles. The third kappa shape index (κ3) is 6.87. The first kappa shape index (κ1) is 28.8. The largest absolute Gasteiger partial charge is 0.482 e. The van der Waals surface area contributed by atoms with Crippen molar-refractivity contribution in [2.24, 2.45) is 0 Å². The second-order valence-corrected chi connectivity index (χ2v) is 12.8. The molecular weight excluding hydrogens is 504 g/mol. The van der Waals surface area contributed by atoms with E-state index in [0.29, 0.717) is 43.2 Å². The Hall–Kier alpha value is -2.17. The molecule has 2 fully saturated rings. The van der Waals surface area contributed by atoms with Crippen LogP contribution >= 0.6 is 0 Å². The molecule has 1 N–H and O–H groups in total. The molecule has 0 aromatic heterocycles. The Bertz CT molecular complexity index is 1070. The summed E-state index contributed by atoms with van der Waals surface area (Å²) in [5.41, 5.74) is 0.329. The van der Waals surface area contributed by atoms with Crippen LogP contribution in [0.1, 0.15) is 78.1 Å². The Morgan fingerprint density at radius 2 is 1.79 bits per heavy atom. The fourth-order valence-corrected chi connectivity index (χ4v) is 7.42. The second-order valence-electron chi connectivity index (χ2n) is 10.9. The molecule has 0 bridgehead atoms. The zero-order chi connectivity index (χ0) is 27.1. The second kappa shape index (κ2) is 13.3. The fraction of sp³-hybridized carbons (Fsp3) is 0.714. The van der Waals surface area contributed by atoms with Crippen molar-refractivity contribution >= 4 is 27.5 Å². The highest BCUT2D eigenvalue weighted by molar-refractivity contribution is 7.89. The van der Waals surface area contributed by atoms with Gasteiger partial charge in [0.1, 0.15) is 12.3 Å². The van der Waals surface area contributed by atoms with Gasteiger partial charge in [0.2, 0.25) is 15.9 Å². The van der Waals surface area contributed by atoms with E-state index in [1.165, 1.54) is 53.4 Å². The number of fused-ring (bicyclic) bond motifs is 1. The van der Waals surface area contributed by atoms with Crippen molar-refractivity contribution in [2.45, 2.75) is 95.0 Å². The van der Waals surface area contributed by atoms with Crippen molar-refractivity contribution in [1.82, 2.24) is 14.5 Å². The molecule has 10 heteroatoms. The van der Waals surface area contributed by atoms with E-state index in [0.717, 1.165) is 38.6 Å². The predicted octanol–water partition coefficient (Wildman–Crippen LogP) is 3.53. The van der Waals surface area contributed by atoms with E-state index in [-0.39, 0.29) is 29.9 Å². The van der Waals surface area contributed by atoms with Crippen molar-refractivity contribution in [3.63, 3.8) is 0 Å². The molecule has 2 amide bonds. The van der Waals surface area contributed by atoms with Crippen LogP contribution in [0, 0.1) is 0 Å². The van der Waals surface area contributed by atoms with E-state index >= 15 is 0 Å². The molecule has 9 nitrogen and oxygen atoms in total. The first-order chi connectivity index (χ1) is 18.3. The molecule has 2 heterocycles. The Balaban J connectivity index is 1.42. The molecule has 0 radical (unpaired) electrons. The lowest BCUT2D eigenvalue weighted by molar-refractivity contribution is -0.125. The van der Waals surface area contributed by atoms with Gasteiger partial charge in [0.25, 0.3) is 5.91 Å². The summed E-state index contributed by atoms with van der Waals surface area (Å²) in [4.78, 5) is 29.7. The monoisotopic (exact) mass is 548 g/mol. The van der Waals surface area contributed by atoms with Gasteiger partial charge in [-0.3, -0.25) is 19.4 Å². The van der Waals surface area contributed by atoms with Crippen LogP contribution in [-0.2, 0) is 19.6 Å². The van der Waals surface area contributed by atoms with Gasteiger partial charge in [-0.15, -0.1) is 0 Å². The molecule has 0 unspecified atom stereocenters. The summed E-state index contributed by atoms with van der Waals surface area (Å²) in [6.07, 6.45) is 11.0. The minimum absolute atomic E-state index is 0.124. The molecule has 3 aliphatic rings. The number of ether oxygens (including phenoxy) is 1. The van der Waals surface area contributed by atoms with Gasteiger partial charge < -0.3 is 10.1 Å². The number of hydrogen-bond acceptors (Lipinski definition) is 6. The number of nitrogens with zero attached hydrogens (tertiary/aromatic N) is 3. The zero-order valence-corrected chi connectivity index (χ0v) is 23.8. The van der Waals surface area contributed by atoms with E-state index in [1.807, 2.05) is 0 Å². The Labute approximate surface area is 227 Å². The Morgan fingerprint density at radius 3 is 2.47 bits per heavy atom. The molecule has 212 valence electrons. The van der Waals surface area contributed by atoms with E-state index in [1.54, 1.807) is 6.07 Å². The molecule has 1 atom stereocenters. The molecular formula is C28H44N4O5S. The average molecular weight is 549 g/mol.